The van der Waals surface area contributed by atoms with Gasteiger partial charge in [-0.25, -0.2) is 0 Å². The molecular formula is C15H21ClO4. The van der Waals surface area contributed by atoms with Crippen molar-refractivity contribution in [3.63, 3.8) is 0 Å². The monoisotopic (exact) mass is 300 g/mol. The zero-order valence-corrected chi connectivity index (χ0v) is 12.9. The van der Waals surface area contributed by atoms with Crippen LogP contribution in [0.1, 0.15) is 30.2 Å². The van der Waals surface area contributed by atoms with Crippen LogP contribution >= 0.6 is 11.6 Å². The SMILES string of the molecule is COc1ccc(C(Cl)C2CCCCO2)c(OC)c1OC. The minimum Gasteiger partial charge on any atom is -0.493 e. The van der Waals surface area contributed by atoms with Crippen molar-refractivity contribution in [1.29, 1.82) is 0 Å². The summed E-state index contributed by atoms with van der Waals surface area (Å²) in [6.45, 7) is 0.767. The molecule has 5 heteroatoms. The first-order valence-corrected chi connectivity index (χ1v) is 7.21. The molecule has 0 aromatic heterocycles. The third kappa shape index (κ3) is 2.96. The number of hydrogen-bond donors (Lipinski definition) is 0. The summed E-state index contributed by atoms with van der Waals surface area (Å²) in [6, 6.07) is 3.75. The first kappa shape index (κ1) is 15.3. The van der Waals surface area contributed by atoms with Crippen molar-refractivity contribution in [2.24, 2.45) is 0 Å². The highest BCUT2D eigenvalue weighted by atomic mass is 35.5. The van der Waals surface area contributed by atoms with Gasteiger partial charge in [-0.1, -0.05) is 0 Å². The van der Waals surface area contributed by atoms with Crippen LogP contribution in [0.25, 0.3) is 0 Å². The van der Waals surface area contributed by atoms with Crippen molar-refractivity contribution in [1.82, 2.24) is 0 Å². The largest absolute Gasteiger partial charge is 0.493 e. The molecule has 0 aliphatic carbocycles. The fourth-order valence-corrected chi connectivity index (χ4v) is 2.91. The summed E-state index contributed by atoms with van der Waals surface area (Å²) in [5.41, 5.74) is 0.874. The van der Waals surface area contributed by atoms with Crippen LogP contribution in [0, 0.1) is 0 Å². The molecule has 0 saturated carbocycles. The maximum atomic E-state index is 6.59. The number of halogens is 1. The van der Waals surface area contributed by atoms with E-state index in [9.17, 15) is 0 Å². The quantitative estimate of drug-likeness (QED) is 0.779. The summed E-state index contributed by atoms with van der Waals surface area (Å²) >= 11 is 6.59. The summed E-state index contributed by atoms with van der Waals surface area (Å²) < 4.78 is 21.9. The van der Waals surface area contributed by atoms with Crippen molar-refractivity contribution in [2.75, 3.05) is 27.9 Å². The molecule has 1 heterocycles. The lowest BCUT2D eigenvalue weighted by Gasteiger charge is -2.28. The van der Waals surface area contributed by atoms with Crippen LogP contribution in [0.15, 0.2) is 12.1 Å². The molecule has 1 aromatic carbocycles. The van der Waals surface area contributed by atoms with Gasteiger partial charge in [0.2, 0.25) is 5.75 Å². The van der Waals surface area contributed by atoms with Crippen molar-refractivity contribution in [2.45, 2.75) is 30.7 Å². The summed E-state index contributed by atoms with van der Waals surface area (Å²) in [5, 5.41) is -0.259. The molecule has 1 saturated heterocycles. The molecule has 0 spiro atoms. The second-order valence-electron chi connectivity index (χ2n) is 4.73. The van der Waals surface area contributed by atoms with Gasteiger partial charge in [0, 0.05) is 12.2 Å². The molecule has 1 aliphatic heterocycles. The van der Waals surface area contributed by atoms with Crippen molar-refractivity contribution < 1.29 is 18.9 Å². The van der Waals surface area contributed by atoms with Crippen LogP contribution in [0.4, 0.5) is 0 Å². The van der Waals surface area contributed by atoms with E-state index >= 15 is 0 Å². The Kier molecular flexibility index (Phi) is 5.38. The van der Waals surface area contributed by atoms with Crippen LogP contribution < -0.4 is 14.2 Å². The molecule has 112 valence electrons. The summed E-state index contributed by atoms with van der Waals surface area (Å²) in [7, 11) is 4.79. The Hall–Kier alpha value is -1.13. The van der Waals surface area contributed by atoms with Gasteiger partial charge in [0.05, 0.1) is 32.8 Å². The number of hydrogen-bond acceptors (Lipinski definition) is 4. The van der Waals surface area contributed by atoms with Gasteiger partial charge in [-0.2, -0.15) is 0 Å². The van der Waals surface area contributed by atoms with Crippen molar-refractivity contribution >= 4 is 11.6 Å². The van der Waals surface area contributed by atoms with E-state index in [1.165, 1.54) is 0 Å². The van der Waals surface area contributed by atoms with Gasteiger partial charge in [-0.05, 0) is 31.4 Å². The molecule has 0 N–H and O–H groups in total. The number of rotatable bonds is 5. The van der Waals surface area contributed by atoms with Gasteiger partial charge in [-0.3, -0.25) is 0 Å². The summed E-state index contributed by atoms with van der Waals surface area (Å²) in [6.07, 6.45) is 3.22. The highest BCUT2D eigenvalue weighted by Gasteiger charge is 2.29. The third-order valence-corrected chi connectivity index (χ3v) is 4.09. The number of alkyl halides is 1. The van der Waals surface area contributed by atoms with Crippen LogP contribution in [-0.4, -0.2) is 34.0 Å². The molecule has 1 fully saturated rings. The maximum absolute atomic E-state index is 6.59. The summed E-state index contributed by atoms with van der Waals surface area (Å²) in [5.74, 6) is 1.80. The summed E-state index contributed by atoms with van der Waals surface area (Å²) in [4.78, 5) is 0. The minimum atomic E-state index is -0.259. The van der Waals surface area contributed by atoms with Crippen LogP contribution in [0.2, 0.25) is 0 Å². The van der Waals surface area contributed by atoms with E-state index in [0.29, 0.717) is 17.2 Å². The highest BCUT2D eigenvalue weighted by Crippen LogP contribution is 2.45. The van der Waals surface area contributed by atoms with Gasteiger partial charge in [0.25, 0.3) is 0 Å². The lowest BCUT2D eigenvalue weighted by molar-refractivity contribution is 0.0132. The number of ether oxygens (including phenoxy) is 4. The average molecular weight is 301 g/mol. The standard InChI is InChI=1S/C15H21ClO4/c1-17-12-8-7-10(14(18-2)15(12)19-3)13(16)11-6-4-5-9-20-11/h7-8,11,13H,4-6,9H2,1-3H3. The zero-order chi connectivity index (χ0) is 14.5. The van der Waals surface area contributed by atoms with Gasteiger partial charge in [0.1, 0.15) is 0 Å². The Morgan fingerprint density at radius 3 is 2.40 bits per heavy atom. The third-order valence-electron chi connectivity index (χ3n) is 3.57. The fourth-order valence-electron chi connectivity index (χ4n) is 2.54. The molecule has 1 aliphatic rings. The van der Waals surface area contributed by atoms with Gasteiger partial charge < -0.3 is 18.9 Å². The number of benzene rings is 1. The van der Waals surface area contributed by atoms with Crippen LogP contribution in [-0.2, 0) is 4.74 Å². The molecular weight excluding hydrogens is 280 g/mol. The van der Waals surface area contributed by atoms with E-state index in [1.807, 2.05) is 12.1 Å². The first-order valence-electron chi connectivity index (χ1n) is 6.77. The maximum Gasteiger partial charge on any atom is 0.203 e. The molecule has 0 radical (unpaired) electrons. The predicted molar refractivity (Wildman–Crippen MR) is 78.3 cm³/mol. The molecule has 1 aromatic rings. The Labute approximate surface area is 124 Å². The minimum absolute atomic E-state index is 0.0115. The predicted octanol–water partition coefficient (Wildman–Crippen LogP) is 3.56. The molecule has 2 atom stereocenters. The van der Waals surface area contributed by atoms with E-state index in [0.717, 1.165) is 31.4 Å². The topological polar surface area (TPSA) is 36.9 Å². The first-order chi connectivity index (χ1) is 9.72. The lowest BCUT2D eigenvalue weighted by Crippen LogP contribution is -2.24. The Balaban J connectivity index is 2.34. The highest BCUT2D eigenvalue weighted by molar-refractivity contribution is 6.21. The average Bonchev–Trinajstić information content (AvgIpc) is 2.53. The van der Waals surface area contributed by atoms with E-state index < -0.39 is 0 Å². The molecule has 2 unspecified atom stereocenters. The van der Waals surface area contributed by atoms with Crippen molar-refractivity contribution in [3.8, 4) is 17.2 Å². The van der Waals surface area contributed by atoms with Gasteiger partial charge in [0.15, 0.2) is 11.5 Å². The van der Waals surface area contributed by atoms with Crippen LogP contribution in [0.5, 0.6) is 17.2 Å². The normalized spacial score (nSPS) is 20.3. The van der Waals surface area contributed by atoms with E-state index in [2.05, 4.69) is 0 Å². The Morgan fingerprint density at radius 2 is 1.85 bits per heavy atom. The second kappa shape index (κ2) is 7.04. The Morgan fingerprint density at radius 1 is 1.10 bits per heavy atom. The smallest absolute Gasteiger partial charge is 0.203 e. The molecule has 0 bridgehead atoms. The molecule has 0 amide bonds. The van der Waals surface area contributed by atoms with Crippen LogP contribution in [0.3, 0.4) is 0 Å². The number of methoxy groups -OCH3 is 3. The van der Waals surface area contributed by atoms with E-state index in [4.69, 9.17) is 30.5 Å². The molecule has 2 rings (SSSR count). The lowest BCUT2D eigenvalue weighted by atomic mass is 9.99. The van der Waals surface area contributed by atoms with Crippen molar-refractivity contribution in [3.05, 3.63) is 17.7 Å². The second-order valence-corrected chi connectivity index (χ2v) is 5.20. The van der Waals surface area contributed by atoms with Gasteiger partial charge in [-0.15, -0.1) is 11.6 Å². The molecule has 20 heavy (non-hydrogen) atoms. The Bertz CT molecular complexity index is 444. The fraction of sp³-hybridized carbons (Fsp3) is 0.600. The van der Waals surface area contributed by atoms with E-state index in [-0.39, 0.29) is 11.5 Å². The molecule has 4 nitrogen and oxygen atoms in total. The zero-order valence-electron chi connectivity index (χ0n) is 12.1. The van der Waals surface area contributed by atoms with Gasteiger partial charge >= 0.3 is 0 Å². The van der Waals surface area contributed by atoms with E-state index in [1.54, 1.807) is 21.3 Å².